The van der Waals surface area contributed by atoms with Crippen molar-refractivity contribution in [2.24, 2.45) is 0 Å². The third-order valence-corrected chi connectivity index (χ3v) is 8.71. The van der Waals surface area contributed by atoms with E-state index in [1.165, 1.54) is 36.4 Å². The van der Waals surface area contributed by atoms with Crippen molar-refractivity contribution in [1.82, 2.24) is 0 Å². The first-order chi connectivity index (χ1) is 27.0. The van der Waals surface area contributed by atoms with Crippen molar-refractivity contribution in [2.75, 3.05) is 0 Å². The molecule has 8 nitrogen and oxygen atoms in total. The zero-order valence-corrected chi connectivity index (χ0v) is 27.6. The van der Waals surface area contributed by atoms with Crippen LogP contribution in [0.3, 0.4) is 0 Å². The Kier molecular flexibility index (Phi) is 9.71. The van der Waals surface area contributed by atoms with Gasteiger partial charge in [-0.15, -0.1) is 0 Å². The smallest absolute Gasteiger partial charge is 0.192 e. The van der Waals surface area contributed by atoms with E-state index in [9.17, 15) is 94.8 Å². The molecule has 20 heteroatoms. The zero-order chi connectivity index (χ0) is 43.4. The third kappa shape index (κ3) is 6.38. The van der Waals surface area contributed by atoms with Crippen molar-refractivity contribution in [2.45, 2.75) is 24.7 Å². The number of benzene rings is 3. The fourth-order valence-electron chi connectivity index (χ4n) is 6.53. The summed E-state index contributed by atoms with van der Waals surface area (Å²) in [7, 11) is 0. The molecule has 0 saturated carbocycles. The summed E-state index contributed by atoms with van der Waals surface area (Å²) >= 11 is 0. The molecular weight excluding hydrogens is 796 g/mol. The average molecular weight is 802 g/mol. The highest BCUT2D eigenvalue weighted by molar-refractivity contribution is 6.30. The summed E-state index contributed by atoms with van der Waals surface area (Å²) in [5, 5.41) is 78.9. The van der Waals surface area contributed by atoms with Crippen LogP contribution in [-0.2, 0) is 24.7 Å². The normalized spacial score (nSPS) is 13.5. The van der Waals surface area contributed by atoms with E-state index >= 15 is 0 Å². The fraction of sp³-hybridized carbons (Fsp3) is 0.105. The van der Waals surface area contributed by atoms with E-state index in [2.05, 4.69) is 0 Å². The van der Waals surface area contributed by atoms with Gasteiger partial charge in [-0.1, -0.05) is 0 Å². The van der Waals surface area contributed by atoms with Gasteiger partial charge in [0.25, 0.3) is 0 Å². The van der Waals surface area contributed by atoms with Crippen LogP contribution in [0.2, 0.25) is 0 Å². The predicted molar refractivity (Wildman–Crippen MR) is 170 cm³/mol. The van der Waals surface area contributed by atoms with E-state index < -0.39 is 136 Å². The molecule has 2 aliphatic rings. The quantitative estimate of drug-likeness (QED) is 0.181. The van der Waals surface area contributed by atoms with Crippen LogP contribution in [0, 0.1) is 90.6 Å². The molecule has 0 heterocycles. The van der Waals surface area contributed by atoms with Gasteiger partial charge in [-0.25, -0.2) is 0 Å². The molecule has 5 rings (SSSR count). The van der Waals surface area contributed by atoms with E-state index in [4.69, 9.17) is 0 Å². The van der Waals surface area contributed by atoms with E-state index in [1.54, 1.807) is 0 Å². The second kappa shape index (κ2) is 13.8. The average Bonchev–Trinajstić information content (AvgIpc) is 3.64. The van der Waals surface area contributed by atoms with Crippen LogP contribution in [0.1, 0.15) is 66.8 Å². The summed E-state index contributed by atoms with van der Waals surface area (Å²) < 4.78 is 170. The minimum Gasteiger partial charge on any atom is -0.192 e. The van der Waals surface area contributed by atoms with E-state index in [-0.39, 0.29) is 24.3 Å². The summed E-state index contributed by atoms with van der Waals surface area (Å²) in [6, 6.07) is 12.0. The van der Waals surface area contributed by atoms with E-state index in [0.29, 0.717) is 0 Å². The SMILES string of the molecule is N#CC(C#N)=C1C(c2cc(C(F)(F)F)c(C#N)c(C(F)(F)F)c2)=C(C#N)c2cc3c(cc21)C(C#N)=C(c1cc(C(F)(F)F)c(C#N)c(C(F)(F)F)c1)C3=C(C#N)C#N. The maximum absolute atomic E-state index is 14.2. The van der Waals surface area contributed by atoms with Gasteiger partial charge in [0.05, 0.1) is 44.5 Å². The minimum atomic E-state index is -5.64. The number of nitrogens with zero attached hydrogens (tertiary/aromatic N) is 8. The molecule has 3 aromatic carbocycles. The number of nitriles is 8. The Balaban J connectivity index is 2.00. The molecule has 0 bridgehead atoms. The number of hydrogen-bond donors (Lipinski definition) is 0. The lowest BCUT2D eigenvalue weighted by Crippen LogP contribution is -2.16. The van der Waals surface area contributed by atoms with Gasteiger partial charge in [0.15, 0.2) is 0 Å². The highest BCUT2D eigenvalue weighted by Crippen LogP contribution is 2.56. The first-order valence-electron chi connectivity index (χ1n) is 15.0. The van der Waals surface area contributed by atoms with Gasteiger partial charge in [0.2, 0.25) is 0 Å². The van der Waals surface area contributed by atoms with Crippen LogP contribution in [0.25, 0.3) is 33.4 Å². The summed E-state index contributed by atoms with van der Waals surface area (Å²) in [6.45, 7) is 0. The molecule has 0 N–H and O–H groups in total. The van der Waals surface area contributed by atoms with Crippen molar-refractivity contribution in [3.8, 4) is 48.6 Å². The summed E-state index contributed by atoms with van der Waals surface area (Å²) in [5.74, 6) is 0. The Morgan fingerprint density at radius 3 is 0.810 bits per heavy atom. The summed E-state index contributed by atoms with van der Waals surface area (Å²) in [6.07, 6.45) is -22.6. The molecule has 0 aromatic heterocycles. The van der Waals surface area contributed by atoms with Crippen molar-refractivity contribution in [3.05, 3.63) is 114 Å². The Morgan fingerprint density at radius 1 is 0.362 bits per heavy atom. The van der Waals surface area contributed by atoms with Gasteiger partial charge in [-0.2, -0.15) is 94.8 Å². The predicted octanol–water partition coefficient (Wildman–Crippen LogP) is 10.0. The van der Waals surface area contributed by atoms with E-state index in [1.807, 2.05) is 0 Å². The Morgan fingerprint density at radius 2 is 0.621 bits per heavy atom. The molecule has 0 unspecified atom stereocenters. The highest BCUT2D eigenvalue weighted by Gasteiger charge is 2.46. The number of rotatable bonds is 2. The minimum absolute atomic E-state index is 0.0429. The lowest BCUT2D eigenvalue weighted by molar-refractivity contribution is -0.145. The first-order valence-corrected chi connectivity index (χ1v) is 15.0. The Bertz CT molecular complexity index is 2610. The molecule has 0 atom stereocenters. The van der Waals surface area contributed by atoms with Gasteiger partial charge in [-0.3, -0.25) is 0 Å². The second-order valence-electron chi connectivity index (χ2n) is 11.7. The van der Waals surface area contributed by atoms with Crippen molar-refractivity contribution < 1.29 is 52.7 Å². The number of fused-ring (bicyclic) bond motifs is 2. The number of halogens is 12. The first kappa shape index (κ1) is 40.9. The molecule has 0 amide bonds. The standard InChI is InChI=1S/C38H6F12N8/c39-35(40,41)27-1-15(2-28(25(27)13-57)36(42,43)44)31-23(11-55)19-5-22-20(6-21(19)33(31)17(7-51)8-52)24(12-56)32(34(22)18(9-53)10-54)16-3-29(37(45,46)47)26(14-58)30(4-16)38(48,49)50/h1-6H. The van der Waals surface area contributed by atoms with Crippen LogP contribution < -0.4 is 0 Å². The van der Waals surface area contributed by atoms with Gasteiger partial charge in [-0.05, 0) is 58.7 Å². The Labute approximate surface area is 315 Å². The van der Waals surface area contributed by atoms with Gasteiger partial charge >= 0.3 is 24.7 Å². The number of alkyl halides is 12. The van der Waals surface area contributed by atoms with Crippen LogP contribution in [0.15, 0.2) is 47.5 Å². The molecule has 0 fully saturated rings. The Hall–Kier alpha value is -8.30. The van der Waals surface area contributed by atoms with Crippen molar-refractivity contribution in [1.29, 1.82) is 42.1 Å². The maximum atomic E-state index is 14.2. The number of allylic oxidation sites excluding steroid dienone is 8. The topological polar surface area (TPSA) is 190 Å². The van der Waals surface area contributed by atoms with Crippen molar-refractivity contribution in [3.63, 3.8) is 0 Å². The highest BCUT2D eigenvalue weighted by atomic mass is 19.4. The van der Waals surface area contributed by atoms with Gasteiger partial charge in [0.1, 0.15) is 59.7 Å². The largest absolute Gasteiger partial charge is 0.417 e. The molecule has 58 heavy (non-hydrogen) atoms. The molecule has 0 radical (unpaired) electrons. The zero-order valence-electron chi connectivity index (χ0n) is 27.6. The second-order valence-corrected chi connectivity index (χ2v) is 11.7. The summed E-state index contributed by atoms with van der Waals surface area (Å²) in [4.78, 5) is 0. The monoisotopic (exact) mass is 802 g/mol. The van der Waals surface area contributed by atoms with E-state index in [0.717, 1.165) is 24.3 Å². The molecule has 0 aliphatic heterocycles. The molecule has 3 aromatic rings. The molecule has 0 spiro atoms. The van der Waals surface area contributed by atoms with Crippen LogP contribution in [0.4, 0.5) is 52.7 Å². The van der Waals surface area contributed by atoms with Gasteiger partial charge < -0.3 is 0 Å². The van der Waals surface area contributed by atoms with Gasteiger partial charge in [0, 0.05) is 33.4 Å². The molecule has 2 aliphatic carbocycles. The summed E-state index contributed by atoms with van der Waals surface area (Å²) in [5.41, 5.74) is -24.1. The lowest BCUT2D eigenvalue weighted by Gasteiger charge is -2.18. The van der Waals surface area contributed by atoms with Crippen LogP contribution in [0.5, 0.6) is 0 Å². The third-order valence-electron chi connectivity index (χ3n) is 8.71. The van der Waals surface area contributed by atoms with Crippen molar-refractivity contribution >= 4 is 33.4 Å². The van der Waals surface area contributed by atoms with Crippen LogP contribution in [-0.4, -0.2) is 0 Å². The number of hydrogen-bond acceptors (Lipinski definition) is 8. The molecule has 0 saturated heterocycles. The fourth-order valence-corrected chi connectivity index (χ4v) is 6.53. The molecule has 282 valence electrons. The maximum Gasteiger partial charge on any atom is 0.417 e. The lowest BCUT2D eigenvalue weighted by atomic mass is 9.88. The molecular formula is C38H6F12N8. The van der Waals surface area contributed by atoms with Crippen LogP contribution >= 0.6 is 0 Å².